The summed E-state index contributed by atoms with van der Waals surface area (Å²) in [6.07, 6.45) is 4.40. The molecule has 1 saturated carbocycles. The van der Waals surface area contributed by atoms with Crippen LogP contribution < -0.4 is 10.5 Å². The Morgan fingerprint density at radius 2 is 1.85 bits per heavy atom. The minimum absolute atomic E-state index is 0.156. The van der Waals surface area contributed by atoms with E-state index in [1.165, 1.54) is 5.56 Å². The van der Waals surface area contributed by atoms with Gasteiger partial charge in [-0.25, -0.2) is 14.8 Å². The van der Waals surface area contributed by atoms with Crippen LogP contribution in [0.15, 0.2) is 29.3 Å². The molecule has 1 aliphatic carbocycles. The van der Waals surface area contributed by atoms with Gasteiger partial charge >= 0.3 is 6.09 Å². The molecule has 2 aliphatic heterocycles. The number of hydrogen-bond donors (Lipinski definition) is 1. The summed E-state index contributed by atoms with van der Waals surface area (Å²) in [6.45, 7) is 7.86. The smallest absolute Gasteiger partial charge is 0.409 e. The fourth-order valence-corrected chi connectivity index (χ4v) is 5.18. The normalized spacial score (nSPS) is 24.0. The number of aliphatic imine (C=N–C) groups is 1. The van der Waals surface area contributed by atoms with Crippen molar-refractivity contribution in [2.45, 2.75) is 58.0 Å². The molecule has 0 spiro atoms. The Labute approximate surface area is 194 Å². The van der Waals surface area contributed by atoms with Gasteiger partial charge in [-0.05, 0) is 63.9 Å². The Morgan fingerprint density at radius 3 is 2.52 bits per heavy atom. The van der Waals surface area contributed by atoms with Gasteiger partial charge < -0.3 is 20.1 Å². The molecule has 174 valence electrons. The largest absolute Gasteiger partial charge is 0.463 e. The Bertz CT molecular complexity index is 1090. The molecule has 3 heterocycles. The summed E-state index contributed by atoms with van der Waals surface area (Å²) in [7, 11) is 0. The lowest BCUT2D eigenvalue weighted by Crippen LogP contribution is -2.41. The van der Waals surface area contributed by atoms with Gasteiger partial charge in [-0.15, -0.1) is 0 Å². The molecular weight excluding hydrogens is 418 g/mol. The first-order valence-electron chi connectivity index (χ1n) is 11.7. The zero-order valence-electron chi connectivity index (χ0n) is 19.5. The van der Waals surface area contributed by atoms with E-state index in [-0.39, 0.29) is 6.09 Å². The van der Waals surface area contributed by atoms with Crippen molar-refractivity contribution in [2.75, 3.05) is 25.4 Å². The number of rotatable bonds is 4. The van der Waals surface area contributed by atoms with Crippen LogP contribution in [0.25, 0.3) is 0 Å². The summed E-state index contributed by atoms with van der Waals surface area (Å²) < 4.78 is 11.2. The molecule has 8 heteroatoms. The quantitative estimate of drug-likeness (QED) is 0.743. The van der Waals surface area contributed by atoms with Gasteiger partial charge in [0.2, 0.25) is 5.88 Å². The number of benzene rings is 1. The number of carbonyl (C=O) groups excluding carboxylic acids is 1. The second-order valence-electron chi connectivity index (χ2n) is 9.78. The molecule has 3 aliphatic rings. The van der Waals surface area contributed by atoms with Crippen LogP contribution in [0, 0.1) is 12.8 Å². The third-order valence-electron chi connectivity index (χ3n) is 6.96. The highest BCUT2D eigenvalue weighted by atomic mass is 16.6. The summed E-state index contributed by atoms with van der Waals surface area (Å²) >= 11 is 0. The lowest BCUT2D eigenvalue weighted by Gasteiger charge is -2.33. The van der Waals surface area contributed by atoms with Crippen LogP contribution in [0.1, 0.15) is 62.4 Å². The van der Waals surface area contributed by atoms with Gasteiger partial charge in [-0.3, -0.25) is 0 Å². The Balaban J connectivity index is 1.29. The maximum atomic E-state index is 11.7. The number of carbonyl (C=O) groups is 1. The molecule has 0 unspecified atom stereocenters. The number of cyclic esters (lactones) is 1. The summed E-state index contributed by atoms with van der Waals surface area (Å²) in [4.78, 5) is 27.0. The van der Waals surface area contributed by atoms with E-state index in [1.807, 2.05) is 18.7 Å². The standard InChI is InChI=1S/C25H31N5O3/c1-15-27-22(26)20-23(28-15)33-25(2,3)21(29-20)19-10-8-18(9-11-19)17-6-4-16(5-7-17)14-30-12-13-32-24(30)31/h8-11,16-17H,4-7,12-14H2,1-3H3,(H2,26,27,28). The van der Waals surface area contributed by atoms with Crippen LogP contribution in [0.2, 0.25) is 0 Å². The number of anilines is 1. The van der Waals surface area contributed by atoms with Gasteiger partial charge in [0.15, 0.2) is 11.5 Å². The third kappa shape index (κ3) is 4.26. The van der Waals surface area contributed by atoms with Crippen molar-refractivity contribution >= 4 is 23.3 Å². The molecule has 0 bridgehead atoms. The maximum absolute atomic E-state index is 11.7. The third-order valence-corrected chi connectivity index (χ3v) is 6.96. The van der Waals surface area contributed by atoms with Gasteiger partial charge in [0.05, 0.1) is 12.3 Å². The van der Waals surface area contributed by atoms with E-state index >= 15 is 0 Å². The molecule has 1 amide bonds. The molecule has 1 saturated heterocycles. The average Bonchev–Trinajstić information content (AvgIpc) is 3.17. The van der Waals surface area contributed by atoms with Crippen molar-refractivity contribution in [3.05, 3.63) is 41.2 Å². The molecule has 33 heavy (non-hydrogen) atoms. The van der Waals surface area contributed by atoms with Crippen molar-refractivity contribution in [2.24, 2.45) is 10.9 Å². The van der Waals surface area contributed by atoms with E-state index in [0.717, 1.165) is 50.0 Å². The summed E-state index contributed by atoms with van der Waals surface area (Å²) in [5.74, 6) is 2.45. The number of aromatic nitrogens is 2. The molecule has 0 radical (unpaired) electrons. The highest BCUT2D eigenvalue weighted by molar-refractivity contribution is 6.09. The number of amides is 1. The topological polar surface area (TPSA) is 103 Å². The molecule has 1 aromatic carbocycles. The summed E-state index contributed by atoms with van der Waals surface area (Å²) in [5.41, 5.74) is 9.15. The minimum atomic E-state index is -0.628. The Morgan fingerprint density at radius 1 is 1.12 bits per heavy atom. The lowest BCUT2D eigenvalue weighted by atomic mass is 9.78. The average molecular weight is 450 g/mol. The van der Waals surface area contributed by atoms with Crippen LogP contribution >= 0.6 is 0 Å². The van der Waals surface area contributed by atoms with Crippen LogP contribution in [0.5, 0.6) is 5.88 Å². The van der Waals surface area contributed by atoms with E-state index in [0.29, 0.717) is 41.7 Å². The number of hydrogen-bond acceptors (Lipinski definition) is 7. The van der Waals surface area contributed by atoms with E-state index < -0.39 is 5.60 Å². The van der Waals surface area contributed by atoms with Crippen LogP contribution in [0.3, 0.4) is 0 Å². The van der Waals surface area contributed by atoms with Crippen LogP contribution in [0.4, 0.5) is 16.3 Å². The molecule has 2 aromatic rings. The number of nitrogens with two attached hydrogens (primary N) is 1. The van der Waals surface area contributed by atoms with Crippen molar-refractivity contribution in [1.82, 2.24) is 14.9 Å². The predicted octanol–water partition coefficient (Wildman–Crippen LogP) is 4.39. The van der Waals surface area contributed by atoms with Gasteiger partial charge in [0, 0.05) is 12.1 Å². The van der Waals surface area contributed by atoms with E-state index in [9.17, 15) is 4.79 Å². The Hall–Kier alpha value is -3.16. The van der Waals surface area contributed by atoms with Gasteiger partial charge in [0.1, 0.15) is 18.0 Å². The number of nitrogen functional groups attached to an aromatic ring is 1. The first-order valence-corrected chi connectivity index (χ1v) is 11.7. The predicted molar refractivity (Wildman–Crippen MR) is 126 cm³/mol. The van der Waals surface area contributed by atoms with Crippen molar-refractivity contribution in [3.63, 3.8) is 0 Å². The van der Waals surface area contributed by atoms with Crippen LogP contribution in [-0.2, 0) is 4.74 Å². The number of ether oxygens (including phenoxy) is 2. The fourth-order valence-electron chi connectivity index (χ4n) is 5.18. The molecule has 5 rings (SSSR count). The fraction of sp³-hybridized carbons (Fsp3) is 0.520. The van der Waals surface area contributed by atoms with Gasteiger partial charge in [-0.1, -0.05) is 24.3 Å². The molecular formula is C25H31N5O3. The number of aryl methyl sites for hydroxylation is 1. The van der Waals surface area contributed by atoms with Gasteiger partial charge in [-0.2, -0.15) is 4.98 Å². The highest BCUT2D eigenvalue weighted by Crippen LogP contribution is 2.40. The second kappa shape index (κ2) is 8.32. The summed E-state index contributed by atoms with van der Waals surface area (Å²) in [5, 5.41) is 0. The summed E-state index contributed by atoms with van der Waals surface area (Å²) in [6, 6.07) is 8.67. The van der Waals surface area contributed by atoms with E-state index in [1.54, 1.807) is 6.92 Å². The molecule has 1 aromatic heterocycles. The number of fused-ring (bicyclic) bond motifs is 1. The van der Waals surface area contributed by atoms with Crippen molar-refractivity contribution < 1.29 is 14.3 Å². The second-order valence-corrected chi connectivity index (χ2v) is 9.78. The first-order chi connectivity index (χ1) is 15.8. The van der Waals surface area contributed by atoms with Crippen LogP contribution in [-0.4, -0.2) is 52.0 Å². The zero-order chi connectivity index (χ0) is 23.2. The van der Waals surface area contributed by atoms with Gasteiger partial charge in [0.25, 0.3) is 0 Å². The molecule has 2 N–H and O–H groups in total. The zero-order valence-corrected chi connectivity index (χ0v) is 19.5. The van der Waals surface area contributed by atoms with E-state index in [4.69, 9.17) is 20.2 Å². The molecule has 0 atom stereocenters. The van der Waals surface area contributed by atoms with E-state index in [2.05, 4.69) is 34.2 Å². The number of nitrogens with zero attached hydrogens (tertiary/aromatic N) is 4. The highest BCUT2D eigenvalue weighted by Gasteiger charge is 2.35. The molecule has 8 nitrogen and oxygen atoms in total. The molecule has 2 fully saturated rings. The maximum Gasteiger partial charge on any atom is 0.409 e. The van der Waals surface area contributed by atoms with Crippen molar-refractivity contribution in [1.29, 1.82) is 0 Å². The monoisotopic (exact) mass is 449 g/mol. The first kappa shape index (κ1) is 21.7. The lowest BCUT2D eigenvalue weighted by molar-refractivity contribution is 0.150. The minimum Gasteiger partial charge on any atom is -0.463 e. The SMILES string of the molecule is Cc1nc(N)c2c(n1)OC(C)(C)C(c1ccc(C3CCC(CN4CCOC4=O)CC3)cc1)=N2. The van der Waals surface area contributed by atoms with Crippen molar-refractivity contribution in [3.8, 4) is 5.88 Å². The Kier molecular flexibility index (Phi) is 5.46.